The lowest BCUT2D eigenvalue weighted by atomic mass is 9.97. The third kappa shape index (κ3) is 6.88. The van der Waals surface area contributed by atoms with Crippen molar-refractivity contribution in [3.8, 4) is 11.1 Å². The van der Waals surface area contributed by atoms with Crippen LogP contribution in [0.15, 0.2) is 60.4 Å². The van der Waals surface area contributed by atoms with Gasteiger partial charge in [-0.2, -0.15) is 0 Å². The Labute approximate surface area is 170 Å². The molecule has 2 aromatic carbocycles. The molecule has 2 aromatic rings. The summed E-state index contributed by atoms with van der Waals surface area (Å²) in [6.07, 6.45) is 2.07. The van der Waals surface area contributed by atoms with E-state index in [-0.39, 0.29) is 13.0 Å². The predicted octanol–water partition coefficient (Wildman–Crippen LogP) is 0.848. The highest BCUT2D eigenvalue weighted by atomic mass is 16.5. The molecule has 29 heavy (non-hydrogen) atoms. The van der Waals surface area contributed by atoms with Crippen molar-refractivity contribution < 1.29 is 15.1 Å². The molecule has 2 rings (SSSR count). The molecule has 0 aliphatic carbocycles. The van der Waals surface area contributed by atoms with Crippen molar-refractivity contribution in [3.05, 3.63) is 71.6 Å². The molecule has 0 bridgehead atoms. The number of benzene rings is 2. The van der Waals surface area contributed by atoms with Crippen LogP contribution in [0.1, 0.15) is 17.5 Å². The molecular weight excluding hydrogens is 370 g/mol. The van der Waals surface area contributed by atoms with Crippen molar-refractivity contribution in [2.24, 2.45) is 11.6 Å². The van der Waals surface area contributed by atoms with E-state index in [1.54, 1.807) is 18.7 Å². The molecule has 0 aliphatic rings. The number of aliphatic hydroxyl groups excluding tert-OH is 1. The average Bonchev–Trinajstić information content (AvgIpc) is 2.73. The smallest absolute Gasteiger partial charge is 0.245 e. The summed E-state index contributed by atoms with van der Waals surface area (Å²) in [6, 6.07) is 15.2. The molecule has 0 saturated heterocycles. The van der Waals surface area contributed by atoms with Gasteiger partial charge in [0, 0.05) is 18.4 Å². The zero-order valence-corrected chi connectivity index (χ0v) is 16.5. The van der Waals surface area contributed by atoms with Crippen LogP contribution in [0.5, 0.6) is 0 Å². The zero-order chi connectivity index (χ0) is 21.2. The summed E-state index contributed by atoms with van der Waals surface area (Å²) in [5.41, 5.74) is 12.0. The van der Waals surface area contributed by atoms with Crippen LogP contribution >= 0.6 is 0 Å². The molecule has 0 aliphatic heterocycles. The van der Waals surface area contributed by atoms with Crippen LogP contribution in [-0.2, 0) is 17.8 Å². The van der Waals surface area contributed by atoms with E-state index in [9.17, 15) is 9.90 Å². The van der Waals surface area contributed by atoms with Crippen molar-refractivity contribution in [3.63, 3.8) is 0 Å². The largest absolute Gasteiger partial charge is 0.400 e. The third-order valence-corrected chi connectivity index (χ3v) is 4.53. The molecule has 1 amide bonds. The number of hydrogen-bond acceptors (Lipinski definition) is 7. The summed E-state index contributed by atoms with van der Waals surface area (Å²) in [6.45, 7) is 0.470. The maximum atomic E-state index is 11.7. The van der Waals surface area contributed by atoms with E-state index in [4.69, 9.17) is 16.8 Å². The number of carbonyl (C=O) groups excluding carboxylic acids is 1. The van der Waals surface area contributed by atoms with E-state index in [0.29, 0.717) is 18.7 Å². The van der Waals surface area contributed by atoms with Crippen LogP contribution in [0, 0.1) is 0 Å². The number of rotatable bonds is 10. The number of hydrazine groups is 1. The molecule has 1 unspecified atom stereocenters. The number of nitrogens with zero attached hydrogens (tertiary/aromatic N) is 1. The van der Waals surface area contributed by atoms with Crippen LogP contribution < -0.4 is 22.4 Å². The van der Waals surface area contributed by atoms with E-state index >= 15 is 0 Å². The topological polar surface area (TPSA) is 137 Å². The minimum Gasteiger partial charge on any atom is -0.400 e. The summed E-state index contributed by atoms with van der Waals surface area (Å²) >= 11 is 0. The predicted molar refractivity (Wildman–Crippen MR) is 112 cm³/mol. The zero-order valence-electron chi connectivity index (χ0n) is 16.5. The number of nitrogens with two attached hydrogens (primary N) is 2. The van der Waals surface area contributed by atoms with Crippen LogP contribution in [0.3, 0.4) is 0 Å². The minimum atomic E-state index is -0.526. The Morgan fingerprint density at radius 3 is 2.52 bits per heavy atom. The highest BCUT2D eigenvalue weighted by Crippen LogP contribution is 2.22. The summed E-state index contributed by atoms with van der Waals surface area (Å²) in [5, 5.41) is 22.4. The fourth-order valence-corrected chi connectivity index (χ4v) is 3.04. The van der Waals surface area contributed by atoms with Gasteiger partial charge in [-0.3, -0.25) is 10.0 Å². The first-order valence-electron chi connectivity index (χ1n) is 9.32. The molecule has 8 heteroatoms. The van der Waals surface area contributed by atoms with Gasteiger partial charge in [0.2, 0.25) is 5.91 Å². The Bertz CT molecular complexity index is 823. The lowest BCUT2D eigenvalue weighted by Crippen LogP contribution is -2.42. The maximum absolute atomic E-state index is 11.7. The number of aliphatic hydroxyl groups is 1. The Morgan fingerprint density at radius 2 is 1.90 bits per heavy atom. The fraction of sp³-hybridized carbons (Fsp3) is 0.286. The molecule has 156 valence electrons. The number of carbonyl (C=O) groups is 1. The standard InChI is InChI=1S/C21H29N5O3/c1-24-12-19(22)13-26(23)20(11-21(28)25-29)10-16-3-2-4-18(9-16)17-7-5-15(14-27)6-8-17/h2-9,13,20,24,27,29H,10-12,14,22-23H2,1H3,(H,25,28)/b19-13-. The molecule has 0 heterocycles. The maximum Gasteiger partial charge on any atom is 0.245 e. The Balaban J connectivity index is 2.22. The molecule has 1 atom stereocenters. The third-order valence-electron chi connectivity index (χ3n) is 4.53. The van der Waals surface area contributed by atoms with Crippen LogP contribution in [0.2, 0.25) is 0 Å². The second kappa shape index (κ2) is 11.2. The first kappa shape index (κ1) is 22.4. The highest BCUT2D eigenvalue weighted by Gasteiger charge is 2.19. The van der Waals surface area contributed by atoms with E-state index in [1.807, 2.05) is 48.5 Å². The molecule has 0 fully saturated rings. The molecule has 0 radical (unpaired) electrons. The van der Waals surface area contributed by atoms with Crippen molar-refractivity contribution in [2.75, 3.05) is 13.6 Å². The summed E-state index contributed by atoms with van der Waals surface area (Å²) in [7, 11) is 1.77. The molecule has 8 N–H and O–H groups in total. The normalized spacial score (nSPS) is 12.5. The minimum absolute atomic E-state index is 0.00541. The molecule has 0 spiro atoms. The van der Waals surface area contributed by atoms with Crippen molar-refractivity contribution >= 4 is 5.91 Å². The van der Waals surface area contributed by atoms with Crippen molar-refractivity contribution in [1.82, 2.24) is 15.8 Å². The van der Waals surface area contributed by atoms with Gasteiger partial charge in [0.25, 0.3) is 0 Å². The average molecular weight is 399 g/mol. The number of likely N-dealkylation sites (N-methyl/N-ethyl adjacent to an activating group) is 1. The lowest BCUT2D eigenvalue weighted by Gasteiger charge is -2.26. The Hall–Kier alpha value is -2.91. The van der Waals surface area contributed by atoms with Crippen LogP contribution in [0.4, 0.5) is 0 Å². The highest BCUT2D eigenvalue weighted by molar-refractivity contribution is 5.75. The van der Waals surface area contributed by atoms with E-state index in [0.717, 1.165) is 22.3 Å². The van der Waals surface area contributed by atoms with E-state index in [2.05, 4.69) is 5.32 Å². The molecule has 0 saturated carbocycles. The quantitative estimate of drug-likeness (QED) is 0.198. The lowest BCUT2D eigenvalue weighted by molar-refractivity contribution is -0.130. The summed E-state index contributed by atoms with van der Waals surface area (Å²) in [5.74, 6) is 5.62. The van der Waals surface area contributed by atoms with Crippen LogP contribution in [-0.4, -0.2) is 40.9 Å². The van der Waals surface area contributed by atoms with E-state index < -0.39 is 11.9 Å². The molecule has 8 nitrogen and oxygen atoms in total. The van der Waals surface area contributed by atoms with Gasteiger partial charge in [0.05, 0.1) is 19.1 Å². The second-order valence-electron chi connectivity index (χ2n) is 6.83. The fourth-order valence-electron chi connectivity index (χ4n) is 3.04. The van der Waals surface area contributed by atoms with Gasteiger partial charge in [-0.25, -0.2) is 11.3 Å². The van der Waals surface area contributed by atoms with Gasteiger partial charge < -0.3 is 21.2 Å². The van der Waals surface area contributed by atoms with Crippen LogP contribution in [0.25, 0.3) is 11.1 Å². The van der Waals surface area contributed by atoms with Gasteiger partial charge >= 0.3 is 0 Å². The first-order chi connectivity index (χ1) is 14.0. The Morgan fingerprint density at radius 1 is 1.17 bits per heavy atom. The van der Waals surface area contributed by atoms with Gasteiger partial charge in [-0.15, -0.1) is 0 Å². The number of nitrogens with one attached hydrogen (secondary N) is 2. The molecular formula is C21H29N5O3. The number of hydroxylamine groups is 1. The summed E-state index contributed by atoms with van der Waals surface area (Å²) in [4.78, 5) is 11.7. The monoisotopic (exact) mass is 399 g/mol. The van der Waals surface area contributed by atoms with Crippen molar-refractivity contribution in [1.29, 1.82) is 0 Å². The Kier molecular flexibility index (Phi) is 8.63. The van der Waals surface area contributed by atoms with Gasteiger partial charge in [0.1, 0.15) is 0 Å². The summed E-state index contributed by atoms with van der Waals surface area (Å²) < 4.78 is 0. The first-order valence-corrected chi connectivity index (χ1v) is 9.32. The van der Waals surface area contributed by atoms with Gasteiger partial charge in [-0.1, -0.05) is 48.5 Å². The second-order valence-corrected chi connectivity index (χ2v) is 6.83. The molecule has 0 aromatic heterocycles. The van der Waals surface area contributed by atoms with Gasteiger partial charge in [-0.05, 0) is 35.7 Å². The van der Waals surface area contributed by atoms with Crippen molar-refractivity contribution in [2.45, 2.75) is 25.5 Å². The van der Waals surface area contributed by atoms with E-state index in [1.165, 1.54) is 5.01 Å². The number of hydrogen-bond donors (Lipinski definition) is 6. The van der Waals surface area contributed by atoms with Gasteiger partial charge in [0.15, 0.2) is 0 Å². The SMILES string of the molecule is CNC/C(N)=C/N(N)C(CC(=O)NO)Cc1cccc(-c2ccc(CO)cc2)c1. The number of amides is 1.